The summed E-state index contributed by atoms with van der Waals surface area (Å²) in [4.78, 5) is 17.7. The van der Waals surface area contributed by atoms with Crippen LogP contribution in [0.3, 0.4) is 0 Å². The maximum Gasteiger partial charge on any atom is 0.303 e. The largest absolute Gasteiger partial charge is 0.481 e. The summed E-state index contributed by atoms with van der Waals surface area (Å²) in [5.74, 6) is -0.786. The number of thiazole rings is 1. The van der Waals surface area contributed by atoms with Crippen molar-refractivity contribution in [2.75, 3.05) is 0 Å². The van der Waals surface area contributed by atoms with Gasteiger partial charge >= 0.3 is 5.97 Å². The lowest BCUT2D eigenvalue weighted by molar-refractivity contribution is -0.136. The molecule has 0 spiro atoms. The highest BCUT2D eigenvalue weighted by molar-refractivity contribution is 7.13. The first-order chi connectivity index (χ1) is 7.25. The average Bonchev–Trinajstić information content (AvgIpc) is 2.85. The summed E-state index contributed by atoms with van der Waals surface area (Å²) in [5.41, 5.74) is 1.89. The Bertz CT molecular complexity index is 448. The number of aryl methyl sites for hydroxylation is 1. The SMILES string of the molecule is O=C(O)CCc1csc(-c2cc[nH]c2)n1. The van der Waals surface area contributed by atoms with E-state index < -0.39 is 5.97 Å². The zero-order valence-corrected chi connectivity index (χ0v) is 8.75. The Morgan fingerprint density at radius 3 is 3.13 bits per heavy atom. The molecule has 2 aromatic rings. The van der Waals surface area contributed by atoms with Crippen LogP contribution in [0.1, 0.15) is 12.1 Å². The minimum absolute atomic E-state index is 0.135. The number of aliphatic carboxylic acids is 1. The molecule has 2 rings (SSSR count). The normalized spacial score (nSPS) is 10.4. The van der Waals surface area contributed by atoms with E-state index in [1.807, 2.05) is 23.8 Å². The van der Waals surface area contributed by atoms with E-state index in [9.17, 15) is 4.79 Å². The van der Waals surface area contributed by atoms with Crippen molar-refractivity contribution in [3.05, 3.63) is 29.5 Å². The third-order valence-electron chi connectivity index (χ3n) is 1.99. The molecule has 4 nitrogen and oxygen atoms in total. The fourth-order valence-electron chi connectivity index (χ4n) is 1.25. The highest BCUT2D eigenvalue weighted by Gasteiger charge is 2.06. The minimum Gasteiger partial charge on any atom is -0.481 e. The molecule has 0 saturated heterocycles. The Labute approximate surface area is 90.6 Å². The zero-order valence-electron chi connectivity index (χ0n) is 7.93. The van der Waals surface area contributed by atoms with E-state index >= 15 is 0 Å². The van der Waals surface area contributed by atoms with Crippen molar-refractivity contribution in [1.29, 1.82) is 0 Å². The molecule has 5 heteroatoms. The topological polar surface area (TPSA) is 66.0 Å². The van der Waals surface area contributed by atoms with Gasteiger partial charge in [0.1, 0.15) is 5.01 Å². The van der Waals surface area contributed by atoms with Crippen LogP contribution in [-0.4, -0.2) is 21.0 Å². The summed E-state index contributed by atoms with van der Waals surface area (Å²) in [5, 5.41) is 11.4. The Balaban J connectivity index is 2.08. The fourth-order valence-corrected chi connectivity index (χ4v) is 2.10. The molecule has 0 atom stereocenters. The second-order valence-electron chi connectivity index (χ2n) is 3.14. The minimum atomic E-state index is -0.786. The van der Waals surface area contributed by atoms with Crippen LogP contribution < -0.4 is 0 Å². The Kier molecular flexibility index (Phi) is 2.82. The predicted octanol–water partition coefficient (Wildman–Crippen LogP) is 2.16. The molecule has 0 saturated carbocycles. The zero-order chi connectivity index (χ0) is 10.7. The molecule has 0 fully saturated rings. The van der Waals surface area contributed by atoms with Crippen LogP contribution in [0, 0.1) is 0 Å². The number of nitrogens with zero attached hydrogens (tertiary/aromatic N) is 1. The van der Waals surface area contributed by atoms with Crippen molar-refractivity contribution in [3.63, 3.8) is 0 Å². The van der Waals surface area contributed by atoms with Crippen LogP contribution in [0.4, 0.5) is 0 Å². The summed E-state index contributed by atoms with van der Waals surface area (Å²) in [6, 6.07) is 1.94. The second-order valence-corrected chi connectivity index (χ2v) is 4.00. The summed E-state index contributed by atoms with van der Waals surface area (Å²) in [7, 11) is 0. The molecule has 0 aromatic carbocycles. The molecule has 0 aliphatic carbocycles. The highest BCUT2D eigenvalue weighted by Crippen LogP contribution is 2.23. The van der Waals surface area contributed by atoms with Crippen molar-refractivity contribution in [1.82, 2.24) is 9.97 Å². The smallest absolute Gasteiger partial charge is 0.303 e. The van der Waals surface area contributed by atoms with Gasteiger partial charge in [-0.1, -0.05) is 0 Å². The number of aromatic nitrogens is 2. The molecular weight excluding hydrogens is 212 g/mol. The van der Waals surface area contributed by atoms with E-state index in [2.05, 4.69) is 9.97 Å². The van der Waals surface area contributed by atoms with E-state index in [-0.39, 0.29) is 6.42 Å². The van der Waals surface area contributed by atoms with E-state index in [0.29, 0.717) is 6.42 Å². The Hall–Kier alpha value is -1.62. The molecule has 2 heterocycles. The van der Waals surface area contributed by atoms with Crippen molar-refractivity contribution in [2.24, 2.45) is 0 Å². The van der Waals surface area contributed by atoms with Crippen LogP contribution in [0.15, 0.2) is 23.8 Å². The van der Waals surface area contributed by atoms with Gasteiger partial charge in [-0.05, 0) is 6.07 Å². The third kappa shape index (κ3) is 2.44. The molecule has 2 N–H and O–H groups in total. The predicted molar refractivity (Wildman–Crippen MR) is 57.9 cm³/mol. The van der Waals surface area contributed by atoms with E-state index in [1.54, 1.807) is 0 Å². The molecule has 15 heavy (non-hydrogen) atoms. The number of hydrogen-bond acceptors (Lipinski definition) is 3. The number of carboxylic acids is 1. The summed E-state index contributed by atoms with van der Waals surface area (Å²) < 4.78 is 0. The molecule has 0 bridgehead atoms. The lowest BCUT2D eigenvalue weighted by Crippen LogP contribution is -1.97. The van der Waals surface area contributed by atoms with Crippen LogP contribution in [0.5, 0.6) is 0 Å². The van der Waals surface area contributed by atoms with E-state index in [1.165, 1.54) is 11.3 Å². The quantitative estimate of drug-likeness (QED) is 0.833. The molecule has 0 radical (unpaired) electrons. The molecule has 0 aliphatic heterocycles. The summed E-state index contributed by atoms with van der Waals surface area (Å²) in [6.45, 7) is 0. The third-order valence-corrected chi connectivity index (χ3v) is 2.93. The van der Waals surface area contributed by atoms with Gasteiger partial charge in [0.05, 0.1) is 12.1 Å². The Morgan fingerprint density at radius 1 is 1.60 bits per heavy atom. The van der Waals surface area contributed by atoms with Gasteiger partial charge in [0, 0.05) is 29.8 Å². The highest BCUT2D eigenvalue weighted by atomic mass is 32.1. The number of carboxylic acid groups (broad SMARTS) is 1. The number of nitrogens with one attached hydrogen (secondary N) is 1. The first-order valence-electron chi connectivity index (χ1n) is 4.55. The van der Waals surface area contributed by atoms with Crippen LogP contribution in [0.2, 0.25) is 0 Å². The standard InChI is InChI=1S/C10H10N2O2S/c13-9(14)2-1-8-6-15-10(12-8)7-3-4-11-5-7/h3-6,11H,1-2H2,(H,13,14). The lowest BCUT2D eigenvalue weighted by Gasteiger charge is -1.91. The maximum atomic E-state index is 10.4. The first kappa shape index (κ1) is 9.92. The van der Waals surface area contributed by atoms with Crippen LogP contribution >= 0.6 is 11.3 Å². The maximum absolute atomic E-state index is 10.4. The number of aromatic amines is 1. The van der Waals surface area contributed by atoms with Crippen LogP contribution in [0.25, 0.3) is 10.6 Å². The van der Waals surface area contributed by atoms with Crippen LogP contribution in [-0.2, 0) is 11.2 Å². The van der Waals surface area contributed by atoms with E-state index in [0.717, 1.165) is 16.3 Å². The van der Waals surface area contributed by atoms with Gasteiger partial charge < -0.3 is 10.1 Å². The molecule has 0 aliphatic rings. The van der Waals surface area contributed by atoms with Crippen molar-refractivity contribution in [3.8, 4) is 10.6 Å². The summed E-state index contributed by atoms with van der Waals surface area (Å²) in [6.07, 6.45) is 4.35. The molecule has 0 amide bonds. The van der Waals surface area contributed by atoms with Gasteiger partial charge in [0.2, 0.25) is 0 Å². The van der Waals surface area contributed by atoms with E-state index in [4.69, 9.17) is 5.11 Å². The van der Waals surface area contributed by atoms with Gasteiger partial charge in [-0.3, -0.25) is 4.79 Å². The number of H-pyrrole nitrogens is 1. The van der Waals surface area contributed by atoms with Gasteiger partial charge in [0.25, 0.3) is 0 Å². The number of rotatable bonds is 4. The molecule has 78 valence electrons. The van der Waals surface area contributed by atoms with Crippen molar-refractivity contribution < 1.29 is 9.90 Å². The fraction of sp³-hybridized carbons (Fsp3) is 0.200. The molecule has 0 unspecified atom stereocenters. The van der Waals surface area contributed by atoms with Gasteiger partial charge in [-0.25, -0.2) is 4.98 Å². The van der Waals surface area contributed by atoms with Gasteiger partial charge in [-0.15, -0.1) is 11.3 Å². The van der Waals surface area contributed by atoms with Crippen molar-refractivity contribution in [2.45, 2.75) is 12.8 Å². The van der Waals surface area contributed by atoms with Gasteiger partial charge in [0.15, 0.2) is 0 Å². The summed E-state index contributed by atoms with van der Waals surface area (Å²) >= 11 is 1.53. The number of carbonyl (C=O) groups is 1. The van der Waals surface area contributed by atoms with Gasteiger partial charge in [-0.2, -0.15) is 0 Å². The first-order valence-corrected chi connectivity index (χ1v) is 5.43. The monoisotopic (exact) mass is 222 g/mol. The Morgan fingerprint density at radius 2 is 2.47 bits per heavy atom. The molecular formula is C10H10N2O2S. The number of hydrogen-bond donors (Lipinski definition) is 2. The lowest BCUT2D eigenvalue weighted by atomic mass is 10.2. The molecule has 2 aromatic heterocycles. The second kappa shape index (κ2) is 4.27. The van der Waals surface area contributed by atoms with Crippen molar-refractivity contribution >= 4 is 17.3 Å². The average molecular weight is 222 g/mol.